The zero-order valence-electron chi connectivity index (χ0n) is 9.56. The van der Waals surface area contributed by atoms with Gasteiger partial charge in [-0.1, -0.05) is 6.92 Å². The van der Waals surface area contributed by atoms with Crippen molar-refractivity contribution in [2.75, 3.05) is 30.5 Å². The van der Waals surface area contributed by atoms with E-state index in [0.29, 0.717) is 6.54 Å². The van der Waals surface area contributed by atoms with Gasteiger partial charge in [-0.2, -0.15) is 0 Å². The topological polar surface area (TPSA) is 55.4 Å². The molecule has 0 spiro atoms. The van der Waals surface area contributed by atoms with Gasteiger partial charge in [0.2, 0.25) is 0 Å². The van der Waals surface area contributed by atoms with E-state index >= 15 is 0 Å². The van der Waals surface area contributed by atoms with Crippen molar-refractivity contribution in [2.24, 2.45) is 0 Å². The minimum Gasteiger partial charge on any atom is -0.497 e. The molecule has 16 heavy (non-hydrogen) atoms. The minimum absolute atomic E-state index is 0.162. The summed E-state index contributed by atoms with van der Waals surface area (Å²) in [6.07, 6.45) is 0. The Kier molecular flexibility index (Phi) is 4.61. The zero-order chi connectivity index (χ0) is 12.0. The van der Waals surface area contributed by atoms with Crippen molar-refractivity contribution in [1.29, 1.82) is 0 Å². The van der Waals surface area contributed by atoms with E-state index < -0.39 is 9.84 Å². The van der Waals surface area contributed by atoms with Gasteiger partial charge in [0.25, 0.3) is 0 Å². The number of sulfone groups is 1. The lowest BCUT2D eigenvalue weighted by Crippen LogP contribution is -2.17. The predicted octanol–water partition coefficient (Wildman–Crippen LogP) is 1.54. The average Bonchev–Trinajstić information content (AvgIpc) is 2.30. The summed E-state index contributed by atoms with van der Waals surface area (Å²) >= 11 is 0. The van der Waals surface area contributed by atoms with Crippen LogP contribution in [0.5, 0.6) is 5.75 Å². The SMILES string of the molecule is CCS(=O)(=O)CCNc1ccc(OC)cc1. The van der Waals surface area contributed by atoms with Crippen molar-refractivity contribution < 1.29 is 13.2 Å². The lowest BCUT2D eigenvalue weighted by Gasteiger charge is -2.07. The number of ether oxygens (including phenoxy) is 1. The zero-order valence-corrected chi connectivity index (χ0v) is 10.4. The van der Waals surface area contributed by atoms with E-state index in [-0.39, 0.29) is 11.5 Å². The summed E-state index contributed by atoms with van der Waals surface area (Å²) in [6.45, 7) is 2.09. The molecule has 0 bridgehead atoms. The first kappa shape index (κ1) is 12.8. The van der Waals surface area contributed by atoms with E-state index in [1.54, 1.807) is 14.0 Å². The minimum atomic E-state index is -2.89. The highest BCUT2D eigenvalue weighted by Crippen LogP contribution is 2.14. The molecule has 0 amide bonds. The standard InChI is InChI=1S/C11H17NO3S/c1-3-16(13,14)9-8-12-10-4-6-11(15-2)7-5-10/h4-7,12H,3,8-9H2,1-2H3. The van der Waals surface area contributed by atoms with E-state index in [9.17, 15) is 8.42 Å². The Balaban J connectivity index is 2.43. The van der Waals surface area contributed by atoms with Gasteiger partial charge in [0.05, 0.1) is 12.9 Å². The van der Waals surface area contributed by atoms with E-state index in [1.807, 2.05) is 24.3 Å². The average molecular weight is 243 g/mol. The quantitative estimate of drug-likeness (QED) is 0.823. The number of hydrogen-bond acceptors (Lipinski definition) is 4. The van der Waals surface area contributed by atoms with Crippen LogP contribution in [-0.4, -0.2) is 33.6 Å². The Labute approximate surface area is 96.5 Å². The number of nitrogens with one attached hydrogen (secondary N) is 1. The van der Waals surface area contributed by atoms with E-state index in [4.69, 9.17) is 4.74 Å². The van der Waals surface area contributed by atoms with Crippen molar-refractivity contribution in [3.8, 4) is 5.75 Å². The molecule has 0 saturated heterocycles. The first-order chi connectivity index (χ1) is 7.57. The molecule has 1 aromatic carbocycles. The summed E-state index contributed by atoms with van der Waals surface area (Å²) < 4.78 is 27.5. The fraction of sp³-hybridized carbons (Fsp3) is 0.455. The molecule has 1 aromatic rings. The van der Waals surface area contributed by atoms with Crippen LogP contribution in [0, 0.1) is 0 Å². The summed E-state index contributed by atoms with van der Waals surface area (Å²) in [5, 5.41) is 3.05. The van der Waals surface area contributed by atoms with Crippen LogP contribution in [0.2, 0.25) is 0 Å². The summed E-state index contributed by atoms with van der Waals surface area (Å²) in [6, 6.07) is 7.38. The van der Waals surface area contributed by atoms with Crippen LogP contribution in [0.15, 0.2) is 24.3 Å². The highest BCUT2D eigenvalue weighted by Gasteiger charge is 2.05. The van der Waals surface area contributed by atoms with Crippen molar-refractivity contribution in [3.63, 3.8) is 0 Å². The predicted molar refractivity (Wildman–Crippen MR) is 65.8 cm³/mol. The van der Waals surface area contributed by atoms with Gasteiger partial charge in [0.1, 0.15) is 5.75 Å². The van der Waals surface area contributed by atoms with Crippen LogP contribution in [0.3, 0.4) is 0 Å². The Bertz CT molecular complexity index is 411. The first-order valence-electron chi connectivity index (χ1n) is 5.16. The summed E-state index contributed by atoms with van der Waals surface area (Å²) in [5.74, 6) is 1.14. The Hall–Kier alpha value is -1.23. The molecule has 4 nitrogen and oxygen atoms in total. The molecule has 0 unspecified atom stereocenters. The number of rotatable bonds is 6. The van der Waals surface area contributed by atoms with Gasteiger partial charge < -0.3 is 10.1 Å². The molecular formula is C11H17NO3S. The van der Waals surface area contributed by atoms with Crippen molar-refractivity contribution >= 4 is 15.5 Å². The normalized spacial score (nSPS) is 11.1. The van der Waals surface area contributed by atoms with Gasteiger partial charge in [-0.25, -0.2) is 8.42 Å². The number of anilines is 1. The monoisotopic (exact) mass is 243 g/mol. The maximum atomic E-state index is 11.2. The van der Waals surface area contributed by atoms with Gasteiger partial charge in [0, 0.05) is 18.0 Å². The molecule has 90 valence electrons. The van der Waals surface area contributed by atoms with Crippen molar-refractivity contribution in [3.05, 3.63) is 24.3 Å². The summed E-state index contributed by atoms with van der Waals surface area (Å²) in [4.78, 5) is 0. The molecule has 0 aliphatic rings. The van der Waals surface area contributed by atoms with E-state index in [2.05, 4.69) is 5.32 Å². The molecule has 1 N–H and O–H groups in total. The van der Waals surface area contributed by atoms with E-state index in [1.165, 1.54) is 0 Å². The van der Waals surface area contributed by atoms with Gasteiger partial charge in [-0.3, -0.25) is 0 Å². The van der Waals surface area contributed by atoms with Crippen LogP contribution in [0.4, 0.5) is 5.69 Å². The first-order valence-corrected chi connectivity index (χ1v) is 6.98. The molecule has 0 saturated carbocycles. The highest BCUT2D eigenvalue weighted by molar-refractivity contribution is 7.91. The Morgan fingerprint density at radius 3 is 2.38 bits per heavy atom. The second-order valence-corrected chi connectivity index (χ2v) is 5.86. The van der Waals surface area contributed by atoms with Gasteiger partial charge in [-0.05, 0) is 24.3 Å². The highest BCUT2D eigenvalue weighted by atomic mass is 32.2. The smallest absolute Gasteiger partial charge is 0.151 e. The molecular weight excluding hydrogens is 226 g/mol. The third kappa shape index (κ3) is 4.10. The summed E-state index contributed by atoms with van der Waals surface area (Å²) in [5.41, 5.74) is 0.895. The van der Waals surface area contributed by atoms with E-state index in [0.717, 1.165) is 11.4 Å². The molecule has 0 radical (unpaired) electrons. The second-order valence-electron chi connectivity index (χ2n) is 3.39. The van der Waals surface area contributed by atoms with Crippen LogP contribution in [0.25, 0.3) is 0 Å². The maximum absolute atomic E-state index is 11.2. The third-order valence-electron chi connectivity index (χ3n) is 2.27. The van der Waals surface area contributed by atoms with Crippen LogP contribution in [0.1, 0.15) is 6.92 Å². The molecule has 1 rings (SSSR count). The molecule has 5 heteroatoms. The fourth-order valence-corrected chi connectivity index (χ4v) is 1.91. The molecule has 0 fully saturated rings. The second kappa shape index (κ2) is 5.75. The Morgan fingerprint density at radius 1 is 1.25 bits per heavy atom. The van der Waals surface area contributed by atoms with Gasteiger partial charge in [0.15, 0.2) is 9.84 Å². The van der Waals surface area contributed by atoms with Gasteiger partial charge in [-0.15, -0.1) is 0 Å². The van der Waals surface area contributed by atoms with Crippen molar-refractivity contribution in [1.82, 2.24) is 0 Å². The lowest BCUT2D eigenvalue weighted by molar-refractivity contribution is 0.415. The molecule has 0 heterocycles. The molecule has 0 atom stereocenters. The van der Waals surface area contributed by atoms with Crippen LogP contribution in [-0.2, 0) is 9.84 Å². The number of methoxy groups -OCH3 is 1. The van der Waals surface area contributed by atoms with Gasteiger partial charge >= 0.3 is 0 Å². The maximum Gasteiger partial charge on any atom is 0.151 e. The lowest BCUT2D eigenvalue weighted by atomic mass is 10.3. The molecule has 0 aliphatic heterocycles. The number of benzene rings is 1. The molecule has 0 aromatic heterocycles. The molecule has 0 aliphatic carbocycles. The summed E-state index contributed by atoms with van der Waals surface area (Å²) in [7, 11) is -1.28. The van der Waals surface area contributed by atoms with Crippen LogP contribution < -0.4 is 10.1 Å². The van der Waals surface area contributed by atoms with Crippen molar-refractivity contribution in [2.45, 2.75) is 6.92 Å². The third-order valence-corrected chi connectivity index (χ3v) is 3.98. The number of hydrogen-bond donors (Lipinski definition) is 1. The van der Waals surface area contributed by atoms with Crippen LogP contribution >= 0.6 is 0 Å². The fourth-order valence-electron chi connectivity index (χ4n) is 1.20. The largest absolute Gasteiger partial charge is 0.497 e. The Morgan fingerprint density at radius 2 is 1.88 bits per heavy atom.